The van der Waals surface area contributed by atoms with Gasteiger partial charge >= 0.3 is 0 Å². The molecule has 5 nitrogen and oxygen atoms in total. The summed E-state index contributed by atoms with van der Waals surface area (Å²) in [6.07, 6.45) is 1.99. The number of nitrogens with one attached hydrogen (secondary N) is 1. The van der Waals surface area contributed by atoms with E-state index in [0.717, 1.165) is 25.9 Å². The minimum Gasteiger partial charge on any atom is -0.315 e. The van der Waals surface area contributed by atoms with Crippen molar-refractivity contribution in [2.75, 3.05) is 26.7 Å². The summed E-state index contributed by atoms with van der Waals surface area (Å²) in [7, 11) is -1.67. The van der Waals surface area contributed by atoms with E-state index in [1.54, 1.807) is 11.4 Å². The molecule has 0 aromatic rings. The van der Waals surface area contributed by atoms with Crippen LogP contribution in [0.4, 0.5) is 0 Å². The summed E-state index contributed by atoms with van der Waals surface area (Å²) >= 11 is 0. The average molecular weight is 263 g/mol. The molecule has 0 radical (unpaired) electrons. The molecule has 1 saturated heterocycles. The van der Waals surface area contributed by atoms with Crippen LogP contribution < -0.4 is 5.32 Å². The van der Waals surface area contributed by atoms with Gasteiger partial charge in [0.05, 0.1) is 0 Å². The van der Waals surface area contributed by atoms with Gasteiger partial charge in [0.15, 0.2) is 0 Å². The van der Waals surface area contributed by atoms with Gasteiger partial charge in [-0.2, -0.15) is 17.0 Å². The Bertz CT molecular complexity index is 324. The van der Waals surface area contributed by atoms with Crippen molar-refractivity contribution in [3.05, 3.63) is 0 Å². The third kappa shape index (κ3) is 3.40. The molecule has 0 aromatic carbocycles. The molecule has 1 rings (SSSR count). The van der Waals surface area contributed by atoms with Crippen molar-refractivity contribution in [1.29, 1.82) is 0 Å². The summed E-state index contributed by atoms with van der Waals surface area (Å²) in [4.78, 5) is 0. The zero-order chi connectivity index (χ0) is 13.1. The van der Waals surface area contributed by atoms with E-state index in [1.165, 1.54) is 4.31 Å². The highest BCUT2D eigenvalue weighted by atomic mass is 32.2. The average Bonchev–Trinajstić information content (AvgIpc) is 2.29. The Morgan fingerprint density at radius 1 is 1.41 bits per heavy atom. The highest BCUT2D eigenvalue weighted by Gasteiger charge is 2.33. The second kappa shape index (κ2) is 6.13. The summed E-state index contributed by atoms with van der Waals surface area (Å²) in [5.74, 6) is 0. The van der Waals surface area contributed by atoms with Gasteiger partial charge in [0.2, 0.25) is 0 Å². The molecular weight excluding hydrogens is 238 g/mol. The maximum Gasteiger partial charge on any atom is 0.282 e. The summed E-state index contributed by atoms with van der Waals surface area (Å²) in [6.45, 7) is 7.98. The molecule has 102 valence electrons. The molecule has 0 spiro atoms. The highest BCUT2D eigenvalue weighted by Crippen LogP contribution is 2.18. The van der Waals surface area contributed by atoms with Crippen molar-refractivity contribution in [2.45, 2.75) is 45.7 Å². The molecule has 1 heterocycles. The Balaban J connectivity index is 2.84. The van der Waals surface area contributed by atoms with Crippen molar-refractivity contribution >= 4 is 10.2 Å². The van der Waals surface area contributed by atoms with Crippen LogP contribution in [0.25, 0.3) is 0 Å². The molecule has 1 aliphatic heterocycles. The predicted molar refractivity (Wildman–Crippen MR) is 70.1 cm³/mol. The largest absolute Gasteiger partial charge is 0.315 e. The lowest BCUT2D eigenvalue weighted by Gasteiger charge is -2.36. The maximum absolute atomic E-state index is 12.4. The van der Waals surface area contributed by atoms with Crippen molar-refractivity contribution in [3.8, 4) is 0 Å². The van der Waals surface area contributed by atoms with Crippen LogP contribution in [0.3, 0.4) is 0 Å². The van der Waals surface area contributed by atoms with Crippen molar-refractivity contribution < 1.29 is 8.42 Å². The van der Waals surface area contributed by atoms with Gasteiger partial charge in [-0.3, -0.25) is 0 Å². The standard InChI is InChI=1S/C11H25N3O2S/c1-5-14(11-7-6-8-12-9-11)17(15,16)13(4)10(2)3/h10-12H,5-9H2,1-4H3. The van der Waals surface area contributed by atoms with Crippen LogP contribution >= 0.6 is 0 Å². The van der Waals surface area contributed by atoms with Gasteiger partial charge in [-0.1, -0.05) is 6.92 Å². The first-order chi connectivity index (χ1) is 7.91. The smallest absolute Gasteiger partial charge is 0.282 e. The summed E-state index contributed by atoms with van der Waals surface area (Å²) in [6, 6.07) is 0.0885. The van der Waals surface area contributed by atoms with E-state index >= 15 is 0 Å². The molecule has 0 bridgehead atoms. The van der Waals surface area contributed by atoms with Crippen molar-refractivity contribution in [2.24, 2.45) is 0 Å². The molecular formula is C11H25N3O2S. The fraction of sp³-hybridized carbons (Fsp3) is 1.00. The minimum atomic E-state index is -3.32. The molecule has 1 atom stereocenters. The molecule has 0 aliphatic carbocycles. The Kier molecular flexibility index (Phi) is 5.37. The van der Waals surface area contributed by atoms with Gasteiger partial charge in [-0.15, -0.1) is 0 Å². The van der Waals surface area contributed by atoms with Gasteiger partial charge in [0, 0.05) is 32.2 Å². The quantitative estimate of drug-likeness (QED) is 0.792. The number of likely N-dealkylation sites (N-methyl/N-ethyl adjacent to an activating group) is 1. The van der Waals surface area contributed by atoms with Crippen LogP contribution in [0.15, 0.2) is 0 Å². The van der Waals surface area contributed by atoms with Crippen molar-refractivity contribution in [3.63, 3.8) is 0 Å². The minimum absolute atomic E-state index is 0.00870. The summed E-state index contributed by atoms with van der Waals surface area (Å²) < 4.78 is 27.9. The zero-order valence-corrected chi connectivity index (χ0v) is 12.1. The first-order valence-electron chi connectivity index (χ1n) is 6.36. The lowest BCUT2D eigenvalue weighted by atomic mass is 10.1. The number of hydrogen-bond donors (Lipinski definition) is 1. The summed E-state index contributed by atoms with van der Waals surface area (Å²) in [5.41, 5.74) is 0. The van der Waals surface area contributed by atoms with Gasteiger partial charge in [0.25, 0.3) is 10.2 Å². The Morgan fingerprint density at radius 2 is 2.06 bits per heavy atom. The molecule has 0 aromatic heterocycles. The van der Waals surface area contributed by atoms with E-state index in [4.69, 9.17) is 0 Å². The van der Waals surface area contributed by atoms with Crippen LogP contribution in [0, 0.1) is 0 Å². The third-order valence-corrected chi connectivity index (χ3v) is 5.68. The van der Waals surface area contributed by atoms with E-state index in [1.807, 2.05) is 20.8 Å². The highest BCUT2D eigenvalue weighted by molar-refractivity contribution is 7.86. The van der Waals surface area contributed by atoms with Gasteiger partial charge < -0.3 is 5.32 Å². The van der Waals surface area contributed by atoms with Crippen LogP contribution in [-0.4, -0.2) is 55.8 Å². The van der Waals surface area contributed by atoms with E-state index in [2.05, 4.69) is 5.32 Å². The van der Waals surface area contributed by atoms with Crippen molar-refractivity contribution in [1.82, 2.24) is 13.9 Å². The fourth-order valence-electron chi connectivity index (χ4n) is 2.12. The Labute approximate surface area is 105 Å². The van der Waals surface area contributed by atoms with Gasteiger partial charge in [0.1, 0.15) is 0 Å². The molecule has 1 N–H and O–H groups in total. The van der Waals surface area contributed by atoms with Gasteiger partial charge in [-0.05, 0) is 33.2 Å². The molecule has 17 heavy (non-hydrogen) atoms. The molecule has 1 unspecified atom stereocenters. The van der Waals surface area contributed by atoms with E-state index in [9.17, 15) is 8.42 Å². The predicted octanol–water partition coefficient (Wildman–Crippen LogP) is 0.645. The lowest BCUT2D eigenvalue weighted by molar-refractivity contribution is 0.250. The Morgan fingerprint density at radius 3 is 2.47 bits per heavy atom. The van der Waals surface area contributed by atoms with Crippen LogP contribution in [-0.2, 0) is 10.2 Å². The SMILES string of the molecule is CCN(C1CCCNC1)S(=O)(=O)N(C)C(C)C. The number of piperidine rings is 1. The molecule has 0 saturated carbocycles. The monoisotopic (exact) mass is 263 g/mol. The molecule has 1 fully saturated rings. The molecule has 1 aliphatic rings. The zero-order valence-electron chi connectivity index (χ0n) is 11.3. The first kappa shape index (κ1) is 14.9. The van der Waals surface area contributed by atoms with E-state index in [-0.39, 0.29) is 12.1 Å². The van der Waals surface area contributed by atoms with E-state index < -0.39 is 10.2 Å². The number of hydrogen-bond acceptors (Lipinski definition) is 3. The molecule has 6 heteroatoms. The third-order valence-electron chi connectivity index (χ3n) is 3.38. The molecule has 0 amide bonds. The van der Waals surface area contributed by atoms with Crippen LogP contribution in [0.2, 0.25) is 0 Å². The fourth-order valence-corrected chi connectivity index (χ4v) is 3.87. The lowest BCUT2D eigenvalue weighted by Crippen LogP contribution is -2.53. The summed E-state index contributed by atoms with van der Waals surface area (Å²) in [5, 5.41) is 3.27. The second-order valence-electron chi connectivity index (χ2n) is 4.82. The number of nitrogens with zero attached hydrogens (tertiary/aromatic N) is 2. The Hall–Kier alpha value is -0.170. The first-order valence-corrected chi connectivity index (χ1v) is 7.76. The second-order valence-corrected chi connectivity index (χ2v) is 6.76. The van der Waals surface area contributed by atoms with E-state index in [0.29, 0.717) is 6.54 Å². The van der Waals surface area contributed by atoms with Crippen LogP contribution in [0.1, 0.15) is 33.6 Å². The maximum atomic E-state index is 12.4. The van der Waals surface area contributed by atoms with Gasteiger partial charge in [-0.25, -0.2) is 0 Å². The normalized spacial score (nSPS) is 22.6. The van der Waals surface area contributed by atoms with Crippen LogP contribution in [0.5, 0.6) is 0 Å². The topological polar surface area (TPSA) is 52.7 Å². The number of rotatable bonds is 5.